The summed E-state index contributed by atoms with van der Waals surface area (Å²) in [6, 6.07) is 8.67. The molecular weight excluding hydrogens is 196 g/mol. The van der Waals surface area contributed by atoms with Crippen molar-refractivity contribution in [2.24, 2.45) is 0 Å². The summed E-state index contributed by atoms with van der Waals surface area (Å²) >= 11 is 0. The summed E-state index contributed by atoms with van der Waals surface area (Å²) < 4.78 is 0. The van der Waals surface area contributed by atoms with Gasteiger partial charge in [0.25, 0.3) is 0 Å². The van der Waals surface area contributed by atoms with Gasteiger partial charge in [-0.1, -0.05) is 58.9 Å². The molecule has 0 fully saturated rings. The van der Waals surface area contributed by atoms with E-state index in [9.17, 15) is 5.11 Å². The molecule has 0 atom stereocenters. The molecule has 16 heavy (non-hydrogen) atoms. The van der Waals surface area contributed by atoms with Gasteiger partial charge in [0, 0.05) is 5.41 Å². The second-order valence-electron chi connectivity index (χ2n) is 5.86. The van der Waals surface area contributed by atoms with E-state index in [1.54, 1.807) is 0 Å². The van der Waals surface area contributed by atoms with Gasteiger partial charge in [-0.2, -0.15) is 0 Å². The van der Waals surface area contributed by atoms with Crippen molar-refractivity contribution in [2.45, 2.75) is 51.9 Å². The number of rotatable bonds is 4. The van der Waals surface area contributed by atoms with Crippen molar-refractivity contribution in [3.05, 3.63) is 35.4 Å². The van der Waals surface area contributed by atoms with Crippen LogP contribution in [0.1, 0.15) is 52.2 Å². The molecule has 1 aromatic rings. The van der Waals surface area contributed by atoms with Crippen LogP contribution >= 0.6 is 0 Å². The van der Waals surface area contributed by atoms with Gasteiger partial charge in [0.2, 0.25) is 0 Å². The number of hydrogen-bond acceptors (Lipinski definition) is 1. The maximum absolute atomic E-state index is 9.32. The van der Waals surface area contributed by atoms with Crippen LogP contribution in [-0.2, 0) is 10.8 Å². The number of benzene rings is 1. The van der Waals surface area contributed by atoms with Gasteiger partial charge in [-0.05, 0) is 23.0 Å². The highest BCUT2D eigenvalue weighted by molar-refractivity contribution is 5.31. The molecule has 0 unspecified atom stereocenters. The normalized spacial score (nSPS) is 12.9. The topological polar surface area (TPSA) is 20.2 Å². The van der Waals surface area contributed by atoms with Gasteiger partial charge in [-0.3, -0.25) is 0 Å². The number of aliphatic hydroxyl groups excluding tert-OH is 1. The standard InChI is InChI=1S/C15H24O/c1-6-14(2,3)12-7-9-13(10-8-12)15(4,5)11-16/h7-10,16H,6,11H2,1-5H3. The molecule has 0 spiro atoms. The van der Waals surface area contributed by atoms with Crippen LogP contribution in [0.4, 0.5) is 0 Å². The van der Waals surface area contributed by atoms with Gasteiger partial charge in [0.05, 0.1) is 6.61 Å². The fraction of sp³-hybridized carbons (Fsp3) is 0.600. The Morgan fingerprint density at radius 3 is 1.56 bits per heavy atom. The Hall–Kier alpha value is -0.820. The fourth-order valence-corrected chi connectivity index (χ4v) is 1.67. The lowest BCUT2D eigenvalue weighted by Gasteiger charge is -2.26. The first-order valence-corrected chi connectivity index (χ1v) is 6.05. The predicted molar refractivity (Wildman–Crippen MR) is 69.9 cm³/mol. The summed E-state index contributed by atoms with van der Waals surface area (Å²) in [7, 11) is 0. The molecule has 0 aromatic heterocycles. The average molecular weight is 220 g/mol. The van der Waals surface area contributed by atoms with Gasteiger partial charge in [0.1, 0.15) is 0 Å². The maximum atomic E-state index is 9.32. The summed E-state index contributed by atoms with van der Waals surface area (Å²) in [4.78, 5) is 0. The largest absolute Gasteiger partial charge is 0.395 e. The molecule has 0 aliphatic rings. The first-order chi connectivity index (χ1) is 7.33. The third kappa shape index (κ3) is 2.65. The van der Waals surface area contributed by atoms with Crippen molar-refractivity contribution < 1.29 is 5.11 Å². The van der Waals surface area contributed by atoms with Gasteiger partial charge in [-0.15, -0.1) is 0 Å². The van der Waals surface area contributed by atoms with E-state index in [-0.39, 0.29) is 17.4 Å². The van der Waals surface area contributed by atoms with E-state index in [4.69, 9.17) is 0 Å². The number of aliphatic hydroxyl groups is 1. The lowest BCUT2D eigenvalue weighted by molar-refractivity contribution is 0.218. The van der Waals surface area contributed by atoms with Gasteiger partial charge < -0.3 is 5.11 Å². The van der Waals surface area contributed by atoms with Gasteiger partial charge >= 0.3 is 0 Å². The van der Waals surface area contributed by atoms with Crippen LogP contribution in [0.5, 0.6) is 0 Å². The molecule has 1 nitrogen and oxygen atoms in total. The Labute approximate surface area is 99.5 Å². The highest BCUT2D eigenvalue weighted by atomic mass is 16.3. The zero-order chi connectivity index (χ0) is 12.4. The Balaban J connectivity index is 3.00. The van der Waals surface area contributed by atoms with Gasteiger partial charge in [0.15, 0.2) is 0 Å². The summed E-state index contributed by atoms with van der Waals surface area (Å²) in [5.74, 6) is 0. The molecule has 0 heterocycles. The van der Waals surface area contributed by atoms with Crippen LogP contribution in [0, 0.1) is 0 Å². The van der Waals surface area contributed by atoms with Crippen LogP contribution in [0.3, 0.4) is 0 Å². The van der Waals surface area contributed by atoms with E-state index in [1.807, 2.05) is 0 Å². The van der Waals surface area contributed by atoms with Crippen molar-refractivity contribution in [3.63, 3.8) is 0 Å². The number of hydrogen-bond donors (Lipinski definition) is 1. The van der Waals surface area contributed by atoms with Gasteiger partial charge in [-0.25, -0.2) is 0 Å². The van der Waals surface area contributed by atoms with Crippen molar-refractivity contribution in [3.8, 4) is 0 Å². The fourth-order valence-electron chi connectivity index (χ4n) is 1.67. The van der Waals surface area contributed by atoms with E-state index >= 15 is 0 Å². The Morgan fingerprint density at radius 2 is 1.25 bits per heavy atom. The molecule has 0 saturated carbocycles. The van der Waals surface area contributed by atoms with Crippen molar-refractivity contribution in [2.75, 3.05) is 6.61 Å². The SMILES string of the molecule is CCC(C)(C)c1ccc(C(C)(C)CO)cc1. The first kappa shape index (κ1) is 13.2. The third-order valence-corrected chi connectivity index (χ3v) is 3.73. The average Bonchev–Trinajstić information content (AvgIpc) is 2.29. The molecular formula is C15H24O. The van der Waals surface area contributed by atoms with E-state index in [0.717, 1.165) is 6.42 Å². The molecule has 0 aliphatic carbocycles. The first-order valence-electron chi connectivity index (χ1n) is 6.05. The molecule has 90 valence electrons. The van der Waals surface area contributed by atoms with E-state index in [0.29, 0.717) is 0 Å². The lowest BCUT2D eigenvalue weighted by atomic mass is 9.79. The molecule has 0 saturated heterocycles. The highest BCUT2D eigenvalue weighted by Gasteiger charge is 2.21. The van der Waals surface area contributed by atoms with Crippen LogP contribution in [0.25, 0.3) is 0 Å². The minimum atomic E-state index is -0.144. The molecule has 1 heteroatoms. The van der Waals surface area contributed by atoms with Crippen LogP contribution in [-0.4, -0.2) is 11.7 Å². The zero-order valence-corrected chi connectivity index (χ0v) is 11.2. The molecule has 1 N–H and O–H groups in total. The summed E-state index contributed by atoms with van der Waals surface area (Å²) in [6.07, 6.45) is 1.13. The quantitative estimate of drug-likeness (QED) is 0.821. The Bertz CT molecular complexity index is 298. The van der Waals surface area contributed by atoms with Crippen LogP contribution in [0.2, 0.25) is 0 Å². The second-order valence-corrected chi connectivity index (χ2v) is 5.86. The smallest absolute Gasteiger partial charge is 0.0522 e. The predicted octanol–water partition coefficient (Wildman–Crippen LogP) is 3.64. The molecule has 1 rings (SSSR count). The van der Waals surface area contributed by atoms with E-state index in [1.165, 1.54) is 11.1 Å². The Kier molecular flexibility index (Phi) is 3.80. The Morgan fingerprint density at radius 1 is 0.875 bits per heavy atom. The third-order valence-electron chi connectivity index (χ3n) is 3.73. The van der Waals surface area contributed by atoms with Crippen molar-refractivity contribution in [1.29, 1.82) is 0 Å². The van der Waals surface area contributed by atoms with E-state index < -0.39 is 0 Å². The lowest BCUT2D eigenvalue weighted by Crippen LogP contribution is -2.22. The summed E-state index contributed by atoms with van der Waals surface area (Å²) in [6.45, 7) is 11.0. The second kappa shape index (κ2) is 4.58. The highest BCUT2D eigenvalue weighted by Crippen LogP contribution is 2.29. The van der Waals surface area contributed by atoms with Crippen LogP contribution in [0.15, 0.2) is 24.3 Å². The molecule has 0 radical (unpaired) electrons. The maximum Gasteiger partial charge on any atom is 0.0522 e. The minimum absolute atomic E-state index is 0.144. The molecule has 0 amide bonds. The molecule has 1 aromatic carbocycles. The molecule has 0 bridgehead atoms. The van der Waals surface area contributed by atoms with Crippen LogP contribution < -0.4 is 0 Å². The van der Waals surface area contributed by atoms with E-state index in [2.05, 4.69) is 58.9 Å². The summed E-state index contributed by atoms with van der Waals surface area (Å²) in [5.41, 5.74) is 2.66. The summed E-state index contributed by atoms with van der Waals surface area (Å²) in [5, 5.41) is 9.32. The monoisotopic (exact) mass is 220 g/mol. The zero-order valence-electron chi connectivity index (χ0n) is 11.2. The van der Waals surface area contributed by atoms with Crippen molar-refractivity contribution >= 4 is 0 Å². The minimum Gasteiger partial charge on any atom is -0.395 e. The van der Waals surface area contributed by atoms with Crippen molar-refractivity contribution in [1.82, 2.24) is 0 Å². The molecule has 0 aliphatic heterocycles.